The monoisotopic (exact) mass is 244 g/mol. The highest BCUT2D eigenvalue weighted by Gasteiger charge is 2.17. The van der Waals surface area contributed by atoms with Gasteiger partial charge >= 0.3 is 0 Å². The third-order valence-electron chi connectivity index (χ3n) is 3.70. The van der Waals surface area contributed by atoms with E-state index < -0.39 is 0 Å². The summed E-state index contributed by atoms with van der Waals surface area (Å²) in [5.74, 6) is 1.16. The number of nitrogens with one attached hydrogen (secondary N) is 1. The molecule has 1 atom stereocenters. The van der Waals surface area contributed by atoms with E-state index in [0.717, 1.165) is 18.8 Å². The highest BCUT2D eigenvalue weighted by Crippen LogP contribution is 2.21. The quantitative estimate of drug-likeness (QED) is 0.892. The van der Waals surface area contributed by atoms with Crippen molar-refractivity contribution in [3.05, 3.63) is 30.4 Å². The second-order valence-corrected chi connectivity index (χ2v) is 5.21. The van der Waals surface area contributed by atoms with Crippen LogP contribution in [0.15, 0.2) is 24.5 Å². The zero-order chi connectivity index (χ0) is 12.5. The molecule has 1 unspecified atom stereocenters. The van der Waals surface area contributed by atoms with Crippen LogP contribution < -0.4 is 10.2 Å². The minimum Gasteiger partial charge on any atom is -0.376 e. The number of hydrogen-bond acceptors (Lipinski definition) is 3. The van der Waals surface area contributed by atoms with Gasteiger partial charge in [0.1, 0.15) is 5.82 Å². The summed E-state index contributed by atoms with van der Waals surface area (Å²) in [6.45, 7) is 1.15. The minimum atomic E-state index is 0.596. The zero-order valence-corrected chi connectivity index (χ0v) is 11.1. The van der Waals surface area contributed by atoms with Crippen molar-refractivity contribution in [2.75, 3.05) is 25.5 Å². The van der Waals surface area contributed by atoms with Crippen LogP contribution in [0.5, 0.6) is 0 Å². The Labute approximate surface area is 108 Å². The summed E-state index contributed by atoms with van der Waals surface area (Å²) in [5.41, 5.74) is 2.41. The molecule has 0 aliphatic carbocycles. The van der Waals surface area contributed by atoms with Gasteiger partial charge in [0.05, 0.1) is 17.4 Å². The average molecular weight is 244 g/mol. The molecule has 0 spiro atoms. The molecule has 2 aromatic heterocycles. The molecule has 96 valence electrons. The maximum atomic E-state index is 4.60. The molecule has 1 N–H and O–H groups in total. The molecule has 18 heavy (non-hydrogen) atoms. The Morgan fingerprint density at radius 2 is 2.39 bits per heavy atom. The lowest BCUT2D eigenvalue weighted by molar-refractivity contribution is 0.584. The van der Waals surface area contributed by atoms with E-state index in [1.54, 1.807) is 0 Å². The topological polar surface area (TPSA) is 32.6 Å². The van der Waals surface area contributed by atoms with Gasteiger partial charge in [-0.05, 0) is 31.5 Å². The fourth-order valence-corrected chi connectivity index (χ4v) is 2.74. The molecule has 2 aromatic rings. The molecule has 1 aliphatic heterocycles. The van der Waals surface area contributed by atoms with Crippen molar-refractivity contribution in [3.63, 3.8) is 0 Å². The average Bonchev–Trinajstić information content (AvgIpc) is 2.99. The Bertz CT molecular complexity index is 538. The van der Waals surface area contributed by atoms with Crippen molar-refractivity contribution in [2.45, 2.75) is 25.3 Å². The van der Waals surface area contributed by atoms with Gasteiger partial charge in [0.25, 0.3) is 0 Å². The van der Waals surface area contributed by atoms with Gasteiger partial charge in [-0.1, -0.05) is 0 Å². The number of hydrogen-bond donors (Lipinski definition) is 1. The van der Waals surface area contributed by atoms with E-state index in [9.17, 15) is 0 Å². The predicted octanol–water partition coefficient (Wildman–Crippen LogP) is 1.69. The van der Waals surface area contributed by atoms with Crippen molar-refractivity contribution >= 4 is 11.2 Å². The normalized spacial score (nSPS) is 19.6. The first-order valence-corrected chi connectivity index (χ1v) is 6.61. The third-order valence-corrected chi connectivity index (χ3v) is 3.70. The van der Waals surface area contributed by atoms with Crippen molar-refractivity contribution in [2.24, 2.45) is 0 Å². The largest absolute Gasteiger partial charge is 0.376 e. The van der Waals surface area contributed by atoms with E-state index in [1.807, 2.05) is 6.20 Å². The first-order chi connectivity index (χ1) is 8.75. The Kier molecular flexibility index (Phi) is 2.96. The summed E-state index contributed by atoms with van der Waals surface area (Å²) < 4.78 is 2.22. The van der Waals surface area contributed by atoms with Crippen LogP contribution in [0.2, 0.25) is 0 Å². The summed E-state index contributed by atoms with van der Waals surface area (Å²) in [6, 6.07) is 4.82. The van der Waals surface area contributed by atoms with E-state index in [2.05, 4.69) is 52.0 Å². The van der Waals surface area contributed by atoms with Crippen LogP contribution in [0.3, 0.4) is 0 Å². The maximum Gasteiger partial charge on any atom is 0.114 e. The van der Waals surface area contributed by atoms with Gasteiger partial charge in [-0.3, -0.25) is 0 Å². The smallest absolute Gasteiger partial charge is 0.114 e. The molecule has 0 radical (unpaired) electrons. The summed E-state index contributed by atoms with van der Waals surface area (Å²) in [7, 11) is 4.14. The summed E-state index contributed by atoms with van der Waals surface area (Å²) in [6.07, 6.45) is 7.67. The second-order valence-electron chi connectivity index (χ2n) is 5.21. The lowest BCUT2D eigenvalue weighted by Crippen LogP contribution is -2.24. The molecule has 1 fully saturated rings. The van der Waals surface area contributed by atoms with Gasteiger partial charge in [0.2, 0.25) is 0 Å². The van der Waals surface area contributed by atoms with E-state index in [1.165, 1.54) is 24.0 Å². The highest BCUT2D eigenvalue weighted by molar-refractivity contribution is 5.72. The van der Waals surface area contributed by atoms with Crippen molar-refractivity contribution in [3.8, 4) is 0 Å². The van der Waals surface area contributed by atoms with Crippen LogP contribution in [0.4, 0.5) is 5.69 Å². The van der Waals surface area contributed by atoms with Crippen LogP contribution in [-0.2, 0) is 6.42 Å². The lowest BCUT2D eigenvalue weighted by atomic mass is 10.1. The zero-order valence-electron chi connectivity index (χ0n) is 11.1. The highest BCUT2D eigenvalue weighted by atomic mass is 15.1. The van der Waals surface area contributed by atoms with Gasteiger partial charge in [0, 0.05) is 32.8 Å². The number of pyridine rings is 1. The molecule has 1 aliphatic rings. The predicted molar refractivity (Wildman–Crippen MR) is 74.2 cm³/mol. The molecule has 4 nitrogen and oxygen atoms in total. The molecule has 3 rings (SSSR count). The van der Waals surface area contributed by atoms with Gasteiger partial charge in [-0.25, -0.2) is 4.98 Å². The standard InChI is InChI=1S/C14H20N4/c1-17(2)12-6-4-8-18-13(12)10-16-14(18)9-11-5-3-7-15-11/h4,6,8,10-11,15H,3,5,7,9H2,1-2H3. The molecular weight excluding hydrogens is 224 g/mol. The number of nitrogens with zero attached hydrogens (tertiary/aromatic N) is 3. The van der Waals surface area contributed by atoms with E-state index in [-0.39, 0.29) is 0 Å². The van der Waals surface area contributed by atoms with Gasteiger partial charge in [-0.15, -0.1) is 0 Å². The number of imidazole rings is 1. The van der Waals surface area contributed by atoms with Gasteiger partial charge < -0.3 is 14.6 Å². The third kappa shape index (κ3) is 1.97. The lowest BCUT2D eigenvalue weighted by Gasteiger charge is -2.14. The minimum absolute atomic E-state index is 0.596. The molecule has 0 saturated carbocycles. The van der Waals surface area contributed by atoms with Crippen LogP contribution >= 0.6 is 0 Å². The number of fused-ring (bicyclic) bond motifs is 1. The molecule has 3 heterocycles. The molecule has 0 bridgehead atoms. The molecule has 0 amide bonds. The Morgan fingerprint density at radius 3 is 3.11 bits per heavy atom. The fourth-order valence-electron chi connectivity index (χ4n) is 2.74. The van der Waals surface area contributed by atoms with E-state index in [4.69, 9.17) is 0 Å². The molecule has 4 heteroatoms. The molecule has 1 saturated heterocycles. The Balaban J connectivity index is 1.96. The van der Waals surface area contributed by atoms with E-state index >= 15 is 0 Å². The fraction of sp³-hybridized carbons (Fsp3) is 0.500. The van der Waals surface area contributed by atoms with Gasteiger partial charge in [-0.2, -0.15) is 0 Å². The van der Waals surface area contributed by atoms with E-state index in [0.29, 0.717) is 6.04 Å². The SMILES string of the molecule is CN(C)c1cccn2c(CC3CCCN3)ncc12. The molecule has 0 aromatic carbocycles. The first-order valence-electron chi connectivity index (χ1n) is 6.61. The van der Waals surface area contributed by atoms with Crippen molar-refractivity contribution in [1.29, 1.82) is 0 Å². The summed E-state index contributed by atoms with van der Waals surface area (Å²) >= 11 is 0. The first kappa shape index (κ1) is 11.5. The number of anilines is 1. The number of rotatable bonds is 3. The molecular formula is C14H20N4. The van der Waals surface area contributed by atoms with Crippen LogP contribution in [-0.4, -0.2) is 36.1 Å². The van der Waals surface area contributed by atoms with Crippen molar-refractivity contribution in [1.82, 2.24) is 14.7 Å². The second kappa shape index (κ2) is 4.61. The maximum absolute atomic E-state index is 4.60. The summed E-state index contributed by atoms with van der Waals surface area (Å²) in [4.78, 5) is 6.73. The van der Waals surface area contributed by atoms with Crippen molar-refractivity contribution < 1.29 is 0 Å². The Morgan fingerprint density at radius 1 is 1.50 bits per heavy atom. The van der Waals surface area contributed by atoms with Crippen LogP contribution in [0.1, 0.15) is 18.7 Å². The number of aromatic nitrogens is 2. The van der Waals surface area contributed by atoms with Crippen LogP contribution in [0, 0.1) is 0 Å². The Hall–Kier alpha value is -1.55. The summed E-state index contributed by atoms with van der Waals surface area (Å²) in [5, 5.41) is 3.53. The van der Waals surface area contributed by atoms with Gasteiger partial charge in [0.15, 0.2) is 0 Å². The van der Waals surface area contributed by atoms with Crippen LogP contribution in [0.25, 0.3) is 5.52 Å².